The summed E-state index contributed by atoms with van der Waals surface area (Å²) >= 11 is 0. The fourth-order valence-electron chi connectivity index (χ4n) is 1.65. The summed E-state index contributed by atoms with van der Waals surface area (Å²) in [4.78, 5) is 23.7. The summed E-state index contributed by atoms with van der Waals surface area (Å²) < 4.78 is 26.7. The lowest BCUT2D eigenvalue weighted by atomic mass is 10.0. The molecule has 19 heavy (non-hydrogen) atoms. The minimum Gasteiger partial charge on any atom is -0.481 e. The van der Waals surface area contributed by atoms with Crippen LogP contribution in [0.1, 0.15) is 25.5 Å². The summed E-state index contributed by atoms with van der Waals surface area (Å²) in [5, 5.41) is 8.77. The van der Waals surface area contributed by atoms with Crippen molar-refractivity contribution in [1.82, 2.24) is 4.90 Å². The number of carboxylic acids is 1. The van der Waals surface area contributed by atoms with Crippen molar-refractivity contribution in [2.45, 2.75) is 19.9 Å². The molecule has 1 rings (SSSR count). The van der Waals surface area contributed by atoms with Gasteiger partial charge >= 0.3 is 5.97 Å². The smallest absolute Gasteiger partial charge is 0.315 e. The van der Waals surface area contributed by atoms with Gasteiger partial charge in [-0.2, -0.15) is 0 Å². The molecule has 1 amide bonds. The monoisotopic (exact) mass is 271 g/mol. The van der Waals surface area contributed by atoms with Crippen LogP contribution in [0, 0.1) is 17.6 Å². The summed E-state index contributed by atoms with van der Waals surface area (Å²) in [5.74, 6) is -4.41. The Morgan fingerprint density at radius 3 is 2.37 bits per heavy atom. The van der Waals surface area contributed by atoms with Crippen LogP contribution in [-0.2, 0) is 9.59 Å². The van der Waals surface area contributed by atoms with Crippen molar-refractivity contribution in [3.8, 4) is 0 Å². The van der Waals surface area contributed by atoms with E-state index in [0.29, 0.717) is 0 Å². The number of carbonyl (C=O) groups is 2. The second-order valence-electron chi connectivity index (χ2n) is 4.35. The van der Waals surface area contributed by atoms with Gasteiger partial charge in [0.15, 0.2) is 0 Å². The van der Waals surface area contributed by atoms with Crippen LogP contribution in [0.2, 0.25) is 0 Å². The molecule has 1 N–H and O–H groups in total. The maximum absolute atomic E-state index is 13.6. The van der Waals surface area contributed by atoms with Gasteiger partial charge in [-0.05, 0) is 32.0 Å². The van der Waals surface area contributed by atoms with Gasteiger partial charge in [0.25, 0.3) is 0 Å². The van der Waals surface area contributed by atoms with Crippen LogP contribution in [-0.4, -0.2) is 28.9 Å². The Morgan fingerprint density at radius 2 is 1.84 bits per heavy atom. The molecule has 1 aromatic rings. The van der Waals surface area contributed by atoms with Gasteiger partial charge in [-0.1, -0.05) is 0 Å². The Balaban J connectivity index is 2.99. The maximum atomic E-state index is 13.6. The van der Waals surface area contributed by atoms with Crippen molar-refractivity contribution in [1.29, 1.82) is 0 Å². The van der Waals surface area contributed by atoms with Crippen LogP contribution in [0.5, 0.6) is 0 Å². The first-order valence-corrected chi connectivity index (χ1v) is 5.70. The second kappa shape index (κ2) is 5.77. The normalized spacial score (nSPS) is 13.7. The quantitative estimate of drug-likeness (QED) is 0.854. The second-order valence-corrected chi connectivity index (χ2v) is 4.35. The Morgan fingerprint density at radius 1 is 1.26 bits per heavy atom. The number of hydrogen-bond acceptors (Lipinski definition) is 2. The van der Waals surface area contributed by atoms with Gasteiger partial charge in [0.1, 0.15) is 17.6 Å². The first-order valence-electron chi connectivity index (χ1n) is 5.70. The highest BCUT2D eigenvalue weighted by Gasteiger charge is 2.28. The van der Waals surface area contributed by atoms with Gasteiger partial charge in [-0.15, -0.1) is 0 Å². The van der Waals surface area contributed by atoms with Gasteiger partial charge in [-0.25, -0.2) is 8.78 Å². The molecular weight excluding hydrogens is 256 g/mol. The molecule has 0 aromatic heterocycles. The van der Waals surface area contributed by atoms with Crippen LogP contribution in [0.25, 0.3) is 0 Å². The van der Waals surface area contributed by atoms with Gasteiger partial charge < -0.3 is 10.0 Å². The number of halogens is 2. The fraction of sp³-hybridized carbons (Fsp3) is 0.385. The van der Waals surface area contributed by atoms with E-state index in [1.165, 1.54) is 20.9 Å². The van der Waals surface area contributed by atoms with E-state index in [4.69, 9.17) is 5.11 Å². The van der Waals surface area contributed by atoms with Crippen molar-refractivity contribution in [3.05, 3.63) is 35.4 Å². The SMILES string of the molecule is CC(C(=O)O)C(=O)N(C)C(C)c1cc(F)ccc1F. The van der Waals surface area contributed by atoms with Crippen LogP contribution in [0.4, 0.5) is 8.78 Å². The van der Waals surface area contributed by atoms with E-state index >= 15 is 0 Å². The van der Waals surface area contributed by atoms with Crippen molar-refractivity contribution >= 4 is 11.9 Å². The Labute approximate surface area is 109 Å². The summed E-state index contributed by atoms with van der Waals surface area (Å²) in [6, 6.07) is 2.19. The van der Waals surface area contributed by atoms with E-state index in [0.717, 1.165) is 23.1 Å². The predicted molar refractivity (Wildman–Crippen MR) is 64.3 cm³/mol. The highest BCUT2D eigenvalue weighted by atomic mass is 19.1. The van der Waals surface area contributed by atoms with Gasteiger partial charge in [0.05, 0.1) is 6.04 Å². The standard InChI is InChI=1S/C13H15F2NO3/c1-7(13(18)19)12(17)16(3)8(2)10-6-9(14)4-5-11(10)15/h4-8H,1-3H3,(H,18,19). The topological polar surface area (TPSA) is 57.6 Å². The lowest BCUT2D eigenvalue weighted by Gasteiger charge is -2.27. The van der Waals surface area contributed by atoms with Crippen LogP contribution < -0.4 is 0 Å². The number of hydrogen-bond donors (Lipinski definition) is 1. The lowest BCUT2D eigenvalue weighted by Crippen LogP contribution is -2.37. The summed E-state index contributed by atoms with van der Waals surface area (Å²) in [6.45, 7) is 2.75. The molecule has 0 aliphatic carbocycles. The molecule has 2 atom stereocenters. The first-order chi connectivity index (χ1) is 8.75. The van der Waals surface area contributed by atoms with E-state index in [-0.39, 0.29) is 5.56 Å². The molecular formula is C13H15F2NO3. The molecule has 0 aliphatic rings. The highest BCUT2D eigenvalue weighted by Crippen LogP contribution is 2.24. The molecule has 0 radical (unpaired) electrons. The Hall–Kier alpha value is -1.98. The zero-order chi connectivity index (χ0) is 14.7. The van der Waals surface area contributed by atoms with Crippen LogP contribution in [0.15, 0.2) is 18.2 Å². The minimum atomic E-state index is -1.26. The molecule has 0 heterocycles. The van der Waals surface area contributed by atoms with E-state index < -0.39 is 35.5 Å². The number of aliphatic carboxylic acids is 1. The molecule has 0 saturated heterocycles. The molecule has 104 valence electrons. The number of amides is 1. The van der Waals surface area contributed by atoms with Gasteiger partial charge in [0.2, 0.25) is 5.91 Å². The van der Waals surface area contributed by atoms with Crippen molar-refractivity contribution in [2.75, 3.05) is 7.05 Å². The van der Waals surface area contributed by atoms with E-state index in [1.807, 2.05) is 0 Å². The van der Waals surface area contributed by atoms with Gasteiger partial charge in [0, 0.05) is 12.6 Å². The number of carboxylic acid groups (broad SMARTS) is 1. The molecule has 1 aromatic carbocycles. The van der Waals surface area contributed by atoms with E-state index in [2.05, 4.69) is 0 Å². The molecule has 0 bridgehead atoms. The molecule has 0 aliphatic heterocycles. The average molecular weight is 271 g/mol. The lowest BCUT2D eigenvalue weighted by molar-refractivity contribution is -0.150. The fourth-order valence-corrected chi connectivity index (χ4v) is 1.65. The minimum absolute atomic E-state index is 0.00781. The predicted octanol–water partition coefficient (Wildman–Crippen LogP) is 2.20. The summed E-state index contributed by atoms with van der Waals surface area (Å²) in [7, 11) is 1.36. The van der Waals surface area contributed by atoms with E-state index in [1.54, 1.807) is 0 Å². The van der Waals surface area contributed by atoms with Crippen LogP contribution >= 0.6 is 0 Å². The number of benzene rings is 1. The molecule has 2 unspecified atom stereocenters. The number of nitrogens with zero attached hydrogens (tertiary/aromatic N) is 1. The van der Waals surface area contributed by atoms with Crippen molar-refractivity contribution in [2.24, 2.45) is 5.92 Å². The molecule has 0 fully saturated rings. The maximum Gasteiger partial charge on any atom is 0.315 e. The third-order valence-corrected chi connectivity index (χ3v) is 3.08. The number of carbonyl (C=O) groups excluding carboxylic acids is 1. The van der Waals surface area contributed by atoms with Crippen molar-refractivity contribution in [3.63, 3.8) is 0 Å². The van der Waals surface area contributed by atoms with Crippen molar-refractivity contribution < 1.29 is 23.5 Å². The largest absolute Gasteiger partial charge is 0.481 e. The molecule has 4 nitrogen and oxygen atoms in total. The molecule has 0 saturated carbocycles. The van der Waals surface area contributed by atoms with Gasteiger partial charge in [-0.3, -0.25) is 9.59 Å². The van der Waals surface area contributed by atoms with E-state index in [9.17, 15) is 18.4 Å². The molecule has 0 spiro atoms. The van der Waals surface area contributed by atoms with Crippen LogP contribution in [0.3, 0.4) is 0 Å². The Kier molecular flexibility index (Phi) is 4.58. The first kappa shape index (κ1) is 15.1. The Bertz CT molecular complexity index is 505. The third-order valence-electron chi connectivity index (χ3n) is 3.08. The zero-order valence-electron chi connectivity index (χ0n) is 10.9. The zero-order valence-corrected chi connectivity index (χ0v) is 10.9. The third kappa shape index (κ3) is 3.27. The molecule has 6 heteroatoms. The highest BCUT2D eigenvalue weighted by molar-refractivity contribution is 5.96. The number of rotatable bonds is 4. The summed E-state index contributed by atoms with van der Waals surface area (Å²) in [5.41, 5.74) is 0.00781. The summed E-state index contributed by atoms with van der Waals surface area (Å²) in [6.07, 6.45) is 0. The average Bonchev–Trinajstić information content (AvgIpc) is 2.37.